The molecule has 0 aliphatic rings. The van der Waals surface area contributed by atoms with Crippen LogP contribution in [0.4, 0.5) is 0 Å². The minimum absolute atomic E-state index is 0.0127. The minimum atomic E-state index is -0.0127. The molecule has 8 heteroatoms. The van der Waals surface area contributed by atoms with Crippen LogP contribution >= 0.6 is 11.8 Å². The topological polar surface area (TPSA) is 84.7 Å². The number of hydrogen-bond acceptors (Lipinski definition) is 6. The van der Waals surface area contributed by atoms with Crippen molar-refractivity contribution < 1.29 is 4.79 Å². The quantitative estimate of drug-likeness (QED) is 0.543. The number of nitrogens with zero attached hydrogens (tertiary/aromatic N) is 4. The first-order valence-electron chi connectivity index (χ1n) is 8.77. The molecule has 0 radical (unpaired) electrons. The summed E-state index contributed by atoms with van der Waals surface area (Å²) in [6.07, 6.45) is 0.897. The van der Waals surface area contributed by atoms with Crippen molar-refractivity contribution in [2.45, 2.75) is 51.7 Å². The van der Waals surface area contributed by atoms with E-state index in [0.29, 0.717) is 11.7 Å². The van der Waals surface area contributed by atoms with E-state index in [1.54, 1.807) is 4.68 Å². The van der Waals surface area contributed by atoms with Crippen molar-refractivity contribution in [2.75, 3.05) is 18.8 Å². The Morgan fingerprint density at radius 1 is 1.23 bits per heavy atom. The predicted octanol–water partition coefficient (Wildman–Crippen LogP) is 2.27. The van der Waals surface area contributed by atoms with E-state index in [9.17, 15) is 4.79 Å². The molecule has 2 rings (SSSR count). The number of amides is 1. The number of thioether (sulfide) groups is 1. The maximum Gasteiger partial charge on any atom is 0.230 e. The first-order chi connectivity index (χ1) is 12.3. The molecule has 7 nitrogen and oxygen atoms in total. The lowest BCUT2D eigenvalue weighted by atomic mass is 10.1. The second kappa shape index (κ2) is 9.14. The molecule has 0 saturated heterocycles. The van der Waals surface area contributed by atoms with E-state index in [-0.39, 0.29) is 17.2 Å². The second-order valence-corrected chi connectivity index (χ2v) is 8.27. The van der Waals surface area contributed by atoms with Gasteiger partial charge in [-0.25, -0.2) is 0 Å². The van der Waals surface area contributed by atoms with Gasteiger partial charge in [-0.15, -0.1) is 5.10 Å². The average Bonchev–Trinajstić information content (AvgIpc) is 3.02. The molecule has 1 heterocycles. The number of benzene rings is 1. The second-order valence-electron chi connectivity index (χ2n) is 7.33. The lowest BCUT2D eigenvalue weighted by molar-refractivity contribution is -0.118. The molecular weight excluding hydrogens is 348 g/mol. The van der Waals surface area contributed by atoms with Crippen LogP contribution in [0.15, 0.2) is 23.4 Å². The lowest BCUT2D eigenvalue weighted by Crippen LogP contribution is -2.38. The highest BCUT2D eigenvalue weighted by atomic mass is 32.2. The monoisotopic (exact) mass is 376 g/mol. The number of hydrogen-bond donors (Lipinski definition) is 2. The van der Waals surface area contributed by atoms with E-state index in [2.05, 4.69) is 53.0 Å². The van der Waals surface area contributed by atoms with Crippen molar-refractivity contribution >= 4 is 17.7 Å². The molecule has 26 heavy (non-hydrogen) atoms. The normalized spacial score (nSPS) is 11.6. The standard InChI is InChI=1S/C18H28N6OS/c1-13-7-8-14(2)15(11-13)24-17(21-22-23-24)26-12-16(25)19-9-6-10-20-18(3,4)5/h7-8,11,20H,6,9-10,12H2,1-5H3,(H,19,25). The van der Waals surface area contributed by atoms with Crippen molar-refractivity contribution in [3.8, 4) is 5.69 Å². The van der Waals surface area contributed by atoms with Gasteiger partial charge in [0.25, 0.3) is 0 Å². The number of aromatic nitrogens is 4. The Kier molecular flexibility index (Phi) is 7.16. The molecule has 0 atom stereocenters. The van der Waals surface area contributed by atoms with E-state index in [0.717, 1.165) is 29.8 Å². The Balaban J connectivity index is 1.82. The summed E-state index contributed by atoms with van der Waals surface area (Å²) in [4.78, 5) is 12.0. The van der Waals surface area contributed by atoms with Crippen LogP contribution in [0.2, 0.25) is 0 Å². The molecule has 0 unspecified atom stereocenters. The van der Waals surface area contributed by atoms with E-state index in [1.807, 2.05) is 26.0 Å². The zero-order chi connectivity index (χ0) is 19.2. The summed E-state index contributed by atoms with van der Waals surface area (Å²) < 4.78 is 1.69. The van der Waals surface area contributed by atoms with Gasteiger partial charge in [0.1, 0.15) is 0 Å². The molecule has 2 N–H and O–H groups in total. The molecule has 1 aromatic carbocycles. The van der Waals surface area contributed by atoms with Gasteiger partial charge in [-0.3, -0.25) is 4.79 Å². The Hall–Kier alpha value is -1.93. The van der Waals surface area contributed by atoms with Gasteiger partial charge < -0.3 is 10.6 Å². The predicted molar refractivity (Wildman–Crippen MR) is 105 cm³/mol. The summed E-state index contributed by atoms with van der Waals surface area (Å²) in [7, 11) is 0. The summed E-state index contributed by atoms with van der Waals surface area (Å²) in [5, 5.41) is 18.8. The van der Waals surface area contributed by atoms with Crippen LogP contribution in [0.1, 0.15) is 38.3 Å². The van der Waals surface area contributed by atoms with Gasteiger partial charge in [-0.05, 0) is 75.2 Å². The zero-order valence-electron chi connectivity index (χ0n) is 16.2. The van der Waals surface area contributed by atoms with E-state index >= 15 is 0 Å². The fourth-order valence-corrected chi connectivity index (χ4v) is 3.04. The molecule has 0 aliphatic carbocycles. The maximum atomic E-state index is 12.0. The molecule has 0 aliphatic heterocycles. The first kappa shape index (κ1) is 20.4. The lowest BCUT2D eigenvalue weighted by Gasteiger charge is -2.20. The smallest absolute Gasteiger partial charge is 0.230 e. The number of aryl methyl sites for hydroxylation is 2. The Morgan fingerprint density at radius 2 is 2.00 bits per heavy atom. The molecular formula is C18H28N6OS. The van der Waals surface area contributed by atoms with Crippen molar-refractivity contribution in [2.24, 2.45) is 0 Å². The van der Waals surface area contributed by atoms with Crippen LogP contribution in [-0.2, 0) is 4.79 Å². The van der Waals surface area contributed by atoms with E-state index < -0.39 is 0 Å². The third-order valence-corrected chi connectivity index (χ3v) is 4.62. The van der Waals surface area contributed by atoms with Crippen molar-refractivity contribution in [3.63, 3.8) is 0 Å². The molecule has 1 amide bonds. The molecule has 0 bridgehead atoms. The van der Waals surface area contributed by atoms with Gasteiger partial charge in [0.15, 0.2) is 0 Å². The van der Waals surface area contributed by atoms with Gasteiger partial charge in [-0.2, -0.15) is 4.68 Å². The highest BCUT2D eigenvalue weighted by Crippen LogP contribution is 2.21. The summed E-state index contributed by atoms with van der Waals surface area (Å²) in [5.74, 6) is 0.277. The number of nitrogens with one attached hydrogen (secondary N) is 2. The molecule has 0 fully saturated rings. The fourth-order valence-electron chi connectivity index (χ4n) is 2.33. The number of carbonyl (C=O) groups excluding carboxylic acids is 1. The van der Waals surface area contributed by atoms with Crippen molar-refractivity contribution in [1.29, 1.82) is 0 Å². The summed E-state index contributed by atoms with van der Waals surface area (Å²) in [6, 6.07) is 6.13. The van der Waals surface area contributed by atoms with E-state index in [4.69, 9.17) is 0 Å². The fraction of sp³-hybridized carbons (Fsp3) is 0.556. The van der Waals surface area contributed by atoms with Crippen LogP contribution in [0, 0.1) is 13.8 Å². The van der Waals surface area contributed by atoms with Crippen LogP contribution in [0.3, 0.4) is 0 Å². The van der Waals surface area contributed by atoms with Gasteiger partial charge in [0, 0.05) is 12.1 Å². The highest BCUT2D eigenvalue weighted by Gasteiger charge is 2.13. The largest absolute Gasteiger partial charge is 0.355 e. The Morgan fingerprint density at radius 3 is 2.73 bits per heavy atom. The SMILES string of the molecule is Cc1ccc(C)c(-n2nnnc2SCC(=O)NCCCNC(C)(C)C)c1. The van der Waals surface area contributed by atoms with Crippen LogP contribution in [0.25, 0.3) is 5.69 Å². The number of carbonyl (C=O) groups is 1. The van der Waals surface area contributed by atoms with Gasteiger partial charge in [0.05, 0.1) is 11.4 Å². The van der Waals surface area contributed by atoms with Gasteiger partial charge in [0.2, 0.25) is 11.1 Å². The van der Waals surface area contributed by atoms with Crippen LogP contribution in [0.5, 0.6) is 0 Å². The molecule has 142 valence electrons. The third kappa shape index (κ3) is 6.42. The highest BCUT2D eigenvalue weighted by molar-refractivity contribution is 7.99. The molecule has 1 aromatic heterocycles. The molecule has 0 spiro atoms. The van der Waals surface area contributed by atoms with Crippen molar-refractivity contribution in [1.82, 2.24) is 30.8 Å². The molecule has 2 aromatic rings. The number of rotatable bonds is 8. The summed E-state index contributed by atoms with van der Waals surface area (Å²) in [6.45, 7) is 12.0. The summed E-state index contributed by atoms with van der Waals surface area (Å²) >= 11 is 1.34. The number of tetrazole rings is 1. The zero-order valence-corrected chi connectivity index (χ0v) is 17.0. The van der Waals surface area contributed by atoms with Crippen LogP contribution < -0.4 is 10.6 Å². The average molecular weight is 377 g/mol. The maximum absolute atomic E-state index is 12.0. The summed E-state index contributed by atoms with van der Waals surface area (Å²) in [5.41, 5.74) is 3.26. The first-order valence-corrected chi connectivity index (χ1v) is 9.75. The molecule has 0 saturated carbocycles. The Labute approximate surface area is 159 Å². The van der Waals surface area contributed by atoms with Gasteiger partial charge >= 0.3 is 0 Å². The minimum Gasteiger partial charge on any atom is -0.355 e. The van der Waals surface area contributed by atoms with E-state index in [1.165, 1.54) is 11.8 Å². The third-order valence-electron chi connectivity index (χ3n) is 3.70. The van der Waals surface area contributed by atoms with Crippen molar-refractivity contribution in [3.05, 3.63) is 29.3 Å². The Bertz CT molecular complexity index is 738. The van der Waals surface area contributed by atoms with Gasteiger partial charge in [-0.1, -0.05) is 23.9 Å². The van der Waals surface area contributed by atoms with Crippen LogP contribution in [-0.4, -0.2) is 50.5 Å².